The van der Waals surface area contributed by atoms with Crippen LogP contribution in [0.15, 0.2) is 42.7 Å². The van der Waals surface area contributed by atoms with Gasteiger partial charge in [-0.05, 0) is 44.7 Å². The van der Waals surface area contributed by atoms with E-state index in [0.717, 1.165) is 47.8 Å². The molecule has 6 heteroatoms. The summed E-state index contributed by atoms with van der Waals surface area (Å²) >= 11 is 0. The lowest BCUT2D eigenvalue weighted by molar-refractivity contribution is 0.0514. The Morgan fingerprint density at radius 1 is 1.00 bits per heavy atom. The summed E-state index contributed by atoms with van der Waals surface area (Å²) in [5.74, 6) is 0.119. The van der Waals surface area contributed by atoms with Crippen LogP contribution >= 0.6 is 0 Å². The molecule has 0 aliphatic carbocycles. The smallest absolute Gasteiger partial charge is 0.256 e. The molecule has 0 spiro atoms. The molecule has 1 amide bonds. The van der Waals surface area contributed by atoms with Crippen LogP contribution in [0.4, 0.5) is 0 Å². The fourth-order valence-corrected chi connectivity index (χ4v) is 4.64. The zero-order valence-electron chi connectivity index (χ0n) is 14.7. The molecule has 2 aliphatic heterocycles. The molecule has 6 nitrogen and oxygen atoms in total. The highest BCUT2D eigenvalue weighted by molar-refractivity contribution is 6.05. The normalized spacial score (nSPS) is 25.0. The van der Waals surface area contributed by atoms with Crippen molar-refractivity contribution in [2.45, 2.75) is 50.7 Å². The van der Waals surface area contributed by atoms with Crippen LogP contribution in [0.1, 0.15) is 47.8 Å². The molecule has 2 bridgehead atoms. The summed E-state index contributed by atoms with van der Waals surface area (Å²) in [5, 5.41) is 9.63. The average molecular weight is 347 g/mol. The largest absolute Gasteiger partial charge is 0.332 e. The zero-order chi connectivity index (χ0) is 17.7. The number of aryl methyl sites for hydroxylation is 1. The van der Waals surface area contributed by atoms with Crippen molar-refractivity contribution in [3.05, 3.63) is 54.0 Å². The molecule has 1 aromatic carbocycles. The second-order valence-electron chi connectivity index (χ2n) is 7.40. The van der Waals surface area contributed by atoms with Crippen molar-refractivity contribution >= 4 is 16.8 Å². The third-order valence-corrected chi connectivity index (χ3v) is 5.80. The van der Waals surface area contributed by atoms with Gasteiger partial charge in [-0.15, -0.1) is 0 Å². The molecule has 0 saturated carbocycles. The number of benzene rings is 1. The van der Waals surface area contributed by atoms with Crippen molar-refractivity contribution < 1.29 is 4.79 Å². The van der Waals surface area contributed by atoms with Gasteiger partial charge in [0.05, 0.1) is 29.5 Å². The molecule has 132 valence electrons. The number of hydrogen-bond donors (Lipinski definition) is 0. The van der Waals surface area contributed by atoms with E-state index in [0.29, 0.717) is 6.04 Å². The topological polar surface area (TPSA) is 63.9 Å². The average Bonchev–Trinajstić information content (AvgIpc) is 3.27. The molecule has 2 aliphatic rings. The number of nitrogens with zero attached hydrogens (tertiary/aromatic N) is 5. The summed E-state index contributed by atoms with van der Waals surface area (Å²) in [7, 11) is 0. The van der Waals surface area contributed by atoms with Gasteiger partial charge in [-0.25, -0.2) is 0 Å². The van der Waals surface area contributed by atoms with Crippen LogP contribution < -0.4 is 0 Å². The fourth-order valence-electron chi connectivity index (χ4n) is 4.64. The lowest BCUT2D eigenvalue weighted by atomic mass is 9.96. The minimum Gasteiger partial charge on any atom is -0.332 e. The first-order valence-corrected chi connectivity index (χ1v) is 9.25. The van der Waals surface area contributed by atoms with Crippen LogP contribution in [0.25, 0.3) is 10.9 Å². The lowest BCUT2D eigenvalue weighted by Crippen LogP contribution is -2.47. The Labute approximate surface area is 151 Å². The van der Waals surface area contributed by atoms with Gasteiger partial charge in [0.1, 0.15) is 0 Å². The van der Waals surface area contributed by atoms with Crippen molar-refractivity contribution in [1.82, 2.24) is 24.9 Å². The number of pyridine rings is 1. The molecule has 3 aromatic rings. The Morgan fingerprint density at radius 3 is 2.46 bits per heavy atom. The number of carbonyl (C=O) groups excluding carboxylic acids is 1. The molecule has 5 rings (SSSR count). The predicted octanol–water partition coefficient (Wildman–Crippen LogP) is 3.14. The predicted molar refractivity (Wildman–Crippen MR) is 97.8 cm³/mol. The number of piperidine rings is 1. The van der Waals surface area contributed by atoms with E-state index in [1.54, 1.807) is 12.4 Å². The fraction of sp³-hybridized carbons (Fsp3) is 0.400. The van der Waals surface area contributed by atoms with E-state index < -0.39 is 0 Å². The number of aromatic nitrogens is 4. The van der Waals surface area contributed by atoms with Gasteiger partial charge in [-0.3, -0.25) is 9.78 Å². The number of para-hydroxylation sites is 1. The first-order chi connectivity index (χ1) is 12.7. The highest BCUT2D eigenvalue weighted by Crippen LogP contribution is 2.41. The van der Waals surface area contributed by atoms with Crippen LogP contribution in [-0.2, 0) is 0 Å². The molecule has 2 saturated heterocycles. The quantitative estimate of drug-likeness (QED) is 0.714. The maximum atomic E-state index is 13.4. The van der Waals surface area contributed by atoms with Crippen LogP contribution in [-0.4, -0.2) is 42.9 Å². The molecule has 2 fully saturated rings. The minimum absolute atomic E-state index is 0.119. The number of carbonyl (C=O) groups is 1. The van der Waals surface area contributed by atoms with Gasteiger partial charge in [0, 0.05) is 23.2 Å². The Bertz CT molecular complexity index is 954. The molecular formula is C20H21N5O. The minimum atomic E-state index is 0.119. The number of fused-ring (bicyclic) bond motifs is 3. The summed E-state index contributed by atoms with van der Waals surface area (Å²) in [6.45, 7) is 1.97. The molecule has 26 heavy (non-hydrogen) atoms. The molecule has 0 radical (unpaired) electrons. The highest BCUT2D eigenvalue weighted by atomic mass is 16.2. The summed E-state index contributed by atoms with van der Waals surface area (Å²) in [6, 6.07) is 10.7. The summed E-state index contributed by atoms with van der Waals surface area (Å²) < 4.78 is 0. The molecule has 2 atom stereocenters. The molecule has 4 heterocycles. The third-order valence-electron chi connectivity index (χ3n) is 5.80. The molecule has 2 unspecified atom stereocenters. The Balaban J connectivity index is 1.48. The Hall–Kier alpha value is -2.76. The van der Waals surface area contributed by atoms with Crippen LogP contribution in [0.5, 0.6) is 0 Å². The van der Waals surface area contributed by atoms with Gasteiger partial charge in [-0.2, -0.15) is 15.0 Å². The first kappa shape index (κ1) is 15.5. The zero-order valence-corrected chi connectivity index (χ0v) is 14.7. The molecule has 2 aromatic heterocycles. The van der Waals surface area contributed by atoms with E-state index in [9.17, 15) is 4.79 Å². The lowest BCUT2D eigenvalue weighted by Gasteiger charge is -2.38. The number of amides is 1. The summed E-state index contributed by atoms with van der Waals surface area (Å²) in [4.78, 5) is 22.0. The second kappa shape index (κ2) is 5.90. The van der Waals surface area contributed by atoms with Crippen molar-refractivity contribution in [3.8, 4) is 0 Å². The van der Waals surface area contributed by atoms with E-state index in [-0.39, 0.29) is 18.0 Å². The number of hydrogen-bond acceptors (Lipinski definition) is 4. The Kier molecular flexibility index (Phi) is 3.51. The van der Waals surface area contributed by atoms with Gasteiger partial charge < -0.3 is 4.90 Å². The molecular weight excluding hydrogens is 326 g/mol. The van der Waals surface area contributed by atoms with Crippen molar-refractivity contribution in [3.63, 3.8) is 0 Å². The third kappa shape index (κ3) is 2.40. The SMILES string of the molecule is Cc1ccc2cccc(C(=O)N3C4CCC3CC(n3nccn3)C4)c2n1. The van der Waals surface area contributed by atoms with Crippen molar-refractivity contribution in [2.24, 2.45) is 0 Å². The first-order valence-electron chi connectivity index (χ1n) is 9.25. The van der Waals surface area contributed by atoms with E-state index >= 15 is 0 Å². The molecule has 0 N–H and O–H groups in total. The van der Waals surface area contributed by atoms with E-state index in [2.05, 4.69) is 20.1 Å². The van der Waals surface area contributed by atoms with Gasteiger partial charge >= 0.3 is 0 Å². The Morgan fingerprint density at radius 2 is 1.73 bits per heavy atom. The summed E-state index contributed by atoms with van der Waals surface area (Å²) in [5.41, 5.74) is 2.47. The monoisotopic (exact) mass is 347 g/mol. The maximum Gasteiger partial charge on any atom is 0.256 e. The number of rotatable bonds is 2. The maximum absolute atomic E-state index is 13.4. The van der Waals surface area contributed by atoms with Crippen LogP contribution in [0, 0.1) is 6.92 Å². The van der Waals surface area contributed by atoms with E-state index in [1.165, 1.54) is 0 Å². The van der Waals surface area contributed by atoms with Crippen molar-refractivity contribution in [2.75, 3.05) is 0 Å². The highest BCUT2D eigenvalue weighted by Gasteiger charge is 2.44. The second-order valence-corrected chi connectivity index (χ2v) is 7.40. The van der Waals surface area contributed by atoms with E-state index in [1.807, 2.05) is 42.1 Å². The van der Waals surface area contributed by atoms with Gasteiger partial charge in [0.15, 0.2) is 0 Å². The van der Waals surface area contributed by atoms with E-state index in [4.69, 9.17) is 0 Å². The van der Waals surface area contributed by atoms with Gasteiger partial charge in [0.2, 0.25) is 0 Å². The van der Waals surface area contributed by atoms with Crippen LogP contribution in [0.2, 0.25) is 0 Å². The standard InChI is InChI=1S/C20H21N5O/c1-13-5-6-14-3-2-4-18(19(14)23-13)20(26)24-15-7-8-16(24)12-17(11-15)25-21-9-10-22-25/h2-6,9-10,15-17H,7-8,11-12H2,1H3. The van der Waals surface area contributed by atoms with Gasteiger partial charge in [0.25, 0.3) is 5.91 Å². The van der Waals surface area contributed by atoms with Gasteiger partial charge in [-0.1, -0.05) is 18.2 Å². The van der Waals surface area contributed by atoms with Crippen molar-refractivity contribution in [1.29, 1.82) is 0 Å². The summed E-state index contributed by atoms with van der Waals surface area (Å²) in [6.07, 6.45) is 7.42. The van der Waals surface area contributed by atoms with Crippen LogP contribution in [0.3, 0.4) is 0 Å².